The van der Waals surface area contributed by atoms with Gasteiger partial charge in [-0.1, -0.05) is 48.5 Å². The van der Waals surface area contributed by atoms with Crippen LogP contribution < -0.4 is 24.4 Å². The van der Waals surface area contributed by atoms with Gasteiger partial charge in [-0.05, 0) is 55.0 Å². The number of hydrogen-bond acceptors (Lipinski definition) is 6. The lowest BCUT2D eigenvalue weighted by atomic mass is 10.0. The molecule has 1 heterocycles. The zero-order valence-electron chi connectivity index (χ0n) is 20.4. The number of carbonyl (C=O) groups excluding carboxylic acids is 2. The summed E-state index contributed by atoms with van der Waals surface area (Å²) in [7, 11) is -2.52. The van der Waals surface area contributed by atoms with Crippen LogP contribution in [0, 0.1) is 12.8 Å². The maximum Gasteiger partial charge on any atom is 0.329 e. The van der Waals surface area contributed by atoms with E-state index < -0.39 is 21.6 Å². The Morgan fingerprint density at radius 2 is 1.70 bits per heavy atom. The number of fused-ring (bicyclic) bond motifs is 1. The van der Waals surface area contributed by atoms with E-state index in [1.807, 2.05) is 30.3 Å². The standard InChI is InChI=1S/C27H27N3O6S/c1-18-8-6-7-11-24(18)37(33,34)29-26(32)28-27(16-20(27)14-19-9-4-3-5-10-19)25(31)30(2)21-12-13-22-23(15-21)36-17-35-22/h3-13,15,20H,14,16-17H2,1-2H3,(H2,28,29,32). The van der Waals surface area contributed by atoms with Crippen molar-refractivity contribution in [2.75, 3.05) is 18.7 Å². The minimum Gasteiger partial charge on any atom is -0.454 e. The molecule has 2 aliphatic rings. The van der Waals surface area contributed by atoms with Crippen LogP contribution in [0.2, 0.25) is 0 Å². The highest BCUT2D eigenvalue weighted by molar-refractivity contribution is 7.90. The van der Waals surface area contributed by atoms with Gasteiger partial charge in [-0.2, -0.15) is 0 Å². The van der Waals surface area contributed by atoms with Crippen LogP contribution in [0.25, 0.3) is 0 Å². The average Bonchev–Trinajstić information content (AvgIpc) is 3.33. The molecule has 10 heteroatoms. The average molecular weight is 522 g/mol. The molecule has 0 spiro atoms. The molecular weight excluding hydrogens is 494 g/mol. The molecule has 1 saturated carbocycles. The predicted octanol–water partition coefficient (Wildman–Crippen LogP) is 3.38. The molecule has 3 amide bonds. The topological polar surface area (TPSA) is 114 Å². The summed E-state index contributed by atoms with van der Waals surface area (Å²) in [5, 5.41) is 2.71. The number of benzene rings is 3. The van der Waals surface area contributed by atoms with Crippen molar-refractivity contribution >= 4 is 27.6 Å². The molecule has 192 valence electrons. The van der Waals surface area contributed by atoms with Crippen LogP contribution in [-0.2, 0) is 21.2 Å². The monoisotopic (exact) mass is 521 g/mol. The number of urea groups is 1. The van der Waals surface area contributed by atoms with Crippen LogP contribution in [0.15, 0.2) is 77.7 Å². The Morgan fingerprint density at radius 1 is 1.00 bits per heavy atom. The number of amides is 3. The fourth-order valence-corrected chi connectivity index (χ4v) is 5.87. The fourth-order valence-electron chi connectivity index (χ4n) is 4.72. The lowest BCUT2D eigenvalue weighted by molar-refractivity contribution is -0.121. The van der Waals surface area contributed by atoms with Gasteiger partial charge in [0.1, 0.15) is 5.54 Å². The van der Waals surface area contributed by atoms with Gasteiger partial charge < -0.3 is 19.7 Å². The Morgan fingerprint density at radius 3 is 2.46 bits per heavy atom. The Balaban J connectivity index is 1.39. The summed E-state index contributed by atoms with van der Waals surface area (Å²) in [6.07, 6.45) is 0.917. The number of likely N-dealkylation sites (N-methyl/N-ethyl adjacent to an activating group) is 1. The Hall–Kier alpha value is -4.05. The lowest BCUT2D eigenvalue weighted by Crippen LogP contribution is -2.54. The van der Waals surface area contributed by atoms with E-state index in [-0.39, 0.29) is 23.5 Å². The second-order valence-corrected chi connectivity index (χ2v) is 10.9. The largest absolute Gasteiger partial charge is 0.454 e. The molecule has 0 saturated heterocycles. The number of anilines is 1. The van der Waals surface area contributed by atoms with E-state index >= 15 is 0 Å². The maximum absolute atomic E-state index is 13.8. The molecule has 0 aromatic heterocycles. The first-order valence-corrected chi connectivity index (χ1v) is 13.3. The molecule has 9 nitrogen and oxygen atoms in total. The van der Waals surface area contributed by atoms with E-state index in [1.54, 1.807) is 50.4 Å². The summed E-state index contributed by atoms with van der Waals surface area (Å²) in [5.74, 6) is 0.547. The van der Waals surface area contributed by atoms with E-state index in [0.717, 1.165) is 5.56 Å². The van der Waals surface area contributed by atoms with Crippen molar-refractivity contribution in [2.24, 2.45) is 5.92 Å². The van der Waals surface area contributed by atoms with Gasteiger partial charge in [0.25, 0.3) is 15.9 Å². The highest BCUT2D eigenvalue weighted by Crippen LogP contribution is 2.48. The SMILES string of the molecule is Cc1ccccc1S(=O)(=O)NC(=O)NC1(C(=O)N(C)c2ccc3c(c2)OCO3)CC1Cc1ccccc1. The van der Waals surface area contributed by atoms with Gasteiger partial charge in [-0.15, -0.1) is 0 Å². The number of nitrogens with one attached hydrogen (secondary N) is 2. The molecule has 2 atom stereocenters. The number of carbonyl (C=O) groups is 2. The van der Waals surface area contributed by atoms with Gasteiger partial charge in [0.2, 0.25) is 6.79 Å². The summed E-state index contributed by atoms with van der Waals surface area (Å²) in [6, 6.07) is 20.2. The summed E-state index contributed by atoms with van der Waals surface area (Å²) in [6.45, 7) is 1.76. The van der Waals surface area contributed by atoms with Crippen molar-refractivity contribution in [2.45, 2.75) is 30.2 Å². The van der Waals surface area contributed by atoms with E-state index in [9.17, 15) is 18.0 Å². The Bertz CT molecular complexity index is 1460. The van der Waals surface area contributed by atoms with Gasteiger partial charge in [-0.25, -0.2) is 17.9 Å². The van der Waals surface area contributed by atoms with Crippen LogP contribution in [-0.4, -0.2) is 39.7 Å². The van der Waals surface area contributed by atoms with Gasteiger partial charge in [0.05, 0.1) is 4.90 Å². The number of aryl methyl sites for hydroxylation is 1. The first kappa shape index (κ1) is 24.6. The molecule has 1 aliphatic carbocycles. The second kappa shape index (κ2) is 9.44. The summed E-state index contributed by atoms with van der Waals surface area (Å²) in [5.41, 5.74) is 0.813. The molecule has 0 bridgehead atoms. The first-order chi connectivity index (χ1) is 17.7. The molecular formula is C27H27N3O6S. The summed E-state index contributed by atoms with van der Waals surface area (Å²) < 4.78 is 38.6. The molecule has 2 N–H and O–H groups in total. The molecule has 1 fully saturated rings. The molecule has 5 rings (SSSR count). The normalized spacial score (nSPS) is 19.7. The zero-order chi connectivity index (χ0) is 26.2. The van der Waals surface area contributed by atoms with Gasteiger partial charge >= 0.3 is 6.03 Å². The molecule has 3 aromatic rings. The van der Waals surface area contributed by atoms with E-state index in [2.05, 4.69) is 10.0 Å². The highest BCUT2D eigenvalue weighted by Gasteiger charge is 2.62. The van der Waals surface area contributed by atoms with Gasteiger partial charge in [0, 0.05) is 18.8 Å². The third kappa shape index (κ3) is 4.84. The molecule has 3 aromatic carbocycles. The van der Waals surface area contributed by atoms with Crippen molar-refractivity contribution in [3.8, 4) is 11.5 Å². The van der Waals surface area contributed by atoms with Crippen LogP contribution >= 0.6 is 0 Å². The number of rotatable bonds is 7. The molecule has 1 aliphatic heterocycles. The quantitative estimate of drug-likeness (QED) is 0.493. The van der Waals surface area contributed by atoms with Crippen molar-refractivity contribution < 1.29 is 27.5 Å². The highest BCUT2D eigenvalue weighted by atomic mass is 32.2. The van der Waals surface area contributed by atoms with Crippen LogP contribution in [0.3, 0.4) is 0 Å². The number of nitrogens with zero attached hydrogens (tertiary/aromatic N) is 1. The van der Waals surface area contributed by atoms with Crippen molar-refractivity contribution in [3.05, 3.63) is 83.9 Å². The summed E-state index contributed by atoms with van der Waals surface area (Å²) >= 11 is 0. The van der Waals surface area contributed by atoms with Crippen LogP contribution in [0.4, 0.5) is 10.5 Å². The minimum atomic E-state index is -4.13. The van der Waals surface area contributed by atoms with E-state index in [1.165, 1.54) is 11.0 Å². The smallest absolute Gasteiger partial charge is 0.329 e. The lowest BCUT2D eigenvalue weighted by Gasteiger charge is -2.26. The van der Waals surface area contributed by atoms with E-state index in [0.29, 0.717) is 35.6 Å². The van der Waals surface area contributed by atoms with Crippen LogP contribution in [0.5, 0.6) is 11.5 Å². The van der Waals surface area contributed by atoms with E-state index in [4.69, 9.17) is 9.47 Å². The molecule has 37 heavy (non-hydrogen) atoms. The fraction of sp³-hybridized carbons (Fsp3) is 0.259. The second-order valence-electron chi connectivity index (χ2n) is 9.29. The third-order valence-corrected chi connectivity index (χ3v) is 8.30. The zero-order valence-corrected chi connectivity index (χ0v) is 21.2. The predicted molar refractivity (Wildman–Crippen MR) is 137 cm³/mol. The van der Waals surface area contributed by atoms with Crippen LogP contribution in [0.1, 0.15) is 17.5 Å². The first-order valence-electron chi connectivity index (χ1n) is 11.8. The number of ether oxygens (including phenoxy) is 2. The Kier molecular flexibility index (Phi) is 6.28. The van der Waals surface area contributed by atoms with Gasteiger partial charge in [0.15, 0.2) is 11.5 Å². The minimum absolute atomic E-state index is 0.000336. The maximum atomic E-state index is 13.8. The number of hydrogen-bond donors (Lipinski definition) is 2. The molecule has 0 radical (unpaired) electrons. The van der Waals surface area contributed by atoms with Gasteiger partial charge in [-0.3, -0.25) is 4.79 Å². The van der Waals surface area contributed by atoms with Crippen molar-refractivity contribution in [1.29, 1.82) is 0 Å². The summed E-state index contributed by atoms with van der Waals surface area (Å²) in [4.78, 5) is 28.3. The number of sulfonamides is 1. The molecule has 2 unspecified atom stereocenters. The third-order valence-electron chi connectivity index (χ3n) is 6.81. The Labute approximate surface area is 215 Å². The van der Waals surface area contributed by atoms with Crippen molar-refractivity contribution in [3.63, 3.8) is 0 Å². The van der Waals surface area contributed by atoms with Crippen molar-refractivity contribution in [1.82, 2.24) is 10.0 Å².